The van der Waals surface area contributed by atoms with Crippen LogP contribution in [0.1, 0.15) is 28.5 Å². The van der Waals surface area contributed by atoms with Crippen molar-refractivity contribution in [3.05, 3.63) is 53.3 Å². The first kappa shape index (κ1) is 16.1. The third-order valence-corrected chi connectivity index (χ3v) is 4.01. The van der Waals surface area contributed by atoms with E-state index in [4.69, 9.17) is 4.74 Å². The minimum atomic E-state index is -0.498. The number of carbonyl (C=O) groups is 1. The quantitative estimate of drug-likeness (QED) is 0.580. The predicted molar refractivity (Wildman–Crippen MR) is 85.5 cm³/mol. The molecule has 1 aromatic heterocycles. The highest BCUT2D eigenvalue weighted by molar-refractivity contribution is 7.98. The van der Waals surface area contributed by atoms with Gasteiger partial charge in [0.25, 0.3) is 0 Å². The number of nitriles is 1. The van der Waals surface area contributed by atoms with Gasteiger partial charge in [-0.15, -0.1) is 0 Å². The van der Waals surface area contributed by atoms with Crippen LogP contribution in [0.3, 0.4) is 0 Å². The molecule has 0 unspecified atom stereocenters. The van der Waals surface area contributed by atoms with Crippen LogP contribution in [0.5, 0.6) is 0 Å². The molecule has 0 spiro atoms. The van der Waals surface area contributed by atoms with Crippen LogP contribution in [0, 0.1) is 11.3 Å². The van der Waals surface area contributed by atoms with Crippen LogP contribution in [0.15, 0.2) is 36.5 Å². The molecule has 0 fully saturated rings. The number of hydrogen-bond acceptors (Lipinski definition) is 5. The van der Waals surface area contributed by atoms with Gasteiger partial charge in [-0.1, -0.05) is 30.3 Å². The molecular weight excluding hydrogens is 298 g/mol. The molecule has 0 saturated carbocycles. The molecule has 0 saturated heterocycles. The van der Waals surface area contributed by atoms with Gasteiger partial charge in [0.2, 0.25) is 0 Å². The second kappa shape index (κ2) is 8.25. The van der Waals surface area contributed by atoms with E-state index in [1.54, 1.807) is 23.4 Å². The molecule has 6 heteroatoms. The molecule has 1 aromatic carbocycles. The van der Waals surface area contributed by atoms with Crippen molar-refractivity contribution in [1.29, 1.82) is 5.26 Å². The van der Waals surface area contributed by atoms with E-state index in [9.17, 15) is 10.1 Å². The van der Waals surface area contributed by atoms with Crippen LogP contribution in [-0.2, 0) is 17.0 Å². The second-order valence-electron chi connectivity index (χ2n) is 4.50. The average molecular weight is 315 g/mol. The number of esters is 1. The van der Waals surface area contributed by atoms with E-state index < -0.39 is 5.97 Å². The van der Waals surface area contributed by atoms with Gasteiger partial charge in [-0.3, -0.25) is 4.68 Å². The Morgan fingerprint density at radius 3 is 2.86 bits per heavy atom. The van der Waals surface area contributed by atoms with Crippen molar-refractivity contribution < 1.29 is 9.53 Å². The third kappa shape index (κ3) is 4.12. The minimum absolute atomic E-state index is 0.234. The highest BCUT2D eigenvalue weighted by atomic mass is 32.2. The van der Waals surface area contributed by atoms with E-state index >= 15 is 0 Å². The maximum atomic E-state index is 11.7. The number of carbonyl (C=O) groups excluding carboxylic acids is 1. The number of aryl methyl sites for hydroxylation is 1. The lowest BCUT2D eigenvalue weighted by atomic mass is 10.2. The lowest BCUT2D eigenvalue weighted by Crippen LogP contribution is -2.09. The number of ether oxygens (including phenoxy) is 1. The third-order valence-electron chi connectivity index (χ3n) is 3.00. The molecule has 0 atom stereocenters. The molecule has 22 heavy (non-hydrogen) atoms. The molecule has 2 aromatic rings. The standard InChI is InChI=1S/C16H17N3O2S/c1-2-21-16(20)14-11-18-19(15(14)10-17)8-9-22-12-13-6-4-3-5-7-13/h3-7,11H,2,8-9,12H2,1H3. The van der Waals surface area contributed by atoms with Crippen LogP contribution in [0.4, 0.5) is 0 Å². The number of nitrogens with zero attached hydrogens (tertiary/aromatic N) is 3. The Labute approximate surface area is 133 Å². The van der Waals surface area contributed by atoms with Gasteiger partial charge >= 0.3 is 5.97 Å². The van der Waals surface area contributed by atoms with Gasteiger partial charge in [0.05, 0.1) is 19.3 Å². The molecule has 114 valence electrons. The monoisotopic (exact) mass is 315 g/mol. The molecule has 0 N–H and O–H groups in total. The van der Waals surface area contributed by atoms with E-state index in [2.05, 4.69) is 17.2 Å². The van der Waals surface area contributed by atoms with Crippen LogP contribution in [0.2, 0.25) is 0 Å². The molecule has 0 aliphatic rings. The summed E-state index contributed by atoms with van der Waals surface area (Å²) in [5.74, 6) is 1.23. The summed E-state index contributed by atoms with van der Waals surface area (Å²) >= 11 is 1.76. The zero-order valence-electron chi connectivity index (χ0n) is 12.4. The number of rotatable bonds is 7. The van der Waals surface area contributed by atoms with E-state index in [-0.39, 0.29) is 17.9 Å². The molecule has 0 radical (unpaired) electrons. The van der Waals surface area contributed by atoms with Crippen LogP contribution >= 0.6 is 11.8 Å². The van der Waals surface area contributed by atoms with Crippen molar-refractivity contribution in [2.45, 2.75) is 19.2 Å². The van der Waals surface area contributed by atoms with Crippen molar-refractivity contribution >= 4 is 17.7 Å². The smallest absolute Gasteiger partial charge is 0.342 e. The first-order valence-electron chi connectivity index (χ1n) is 7.01. The molecule has 1 heterocycles. The van der Waals surface area contributed by atoms with E-state index in [0.717, 1.165) is 11.5 Å². The summed E-state index contributed by atoms with van der Waals surface area (Å²) in [6.07, 6.45) is 1.40. The summed E-state index contributed by atoms with van der Waals surface area (Å²) in [5, 5.41) is 13.3. The van der Waals surface area contributed by atoms with Crippen molar-refractivity contribution in [2.24, 2.45) is 0 Å². The number of thioether (sulfide) groups is 1. The zero-order chi connectivity index (χ0) is 15.8. The molecular formula is C16H17N3O2S. The summed E-state index contributed by atoms with van der Waals surface area (Å²) in [4.78, 5) is 11.7. The minimum Gasteiger partial charge on any atom is -0.462 e. The van der Waals surface area contributed by atoms with Gasteiger partial charge in [0.1, 0.15) is 11.6 Å². The molecule has 0 aliphatic carbocycles. The fourth-order valence-electron chi connectivity index (χ4n) is 1.95. The highest BCUT2D eigenvalue weighted by Gasteiger charge is 2.18. The SMILES string of the molecule is CCOC(=O)c1cnn(CCSCc2ccccc2)c1C#N. The van der Waals surface area contributed by atoms with E-state index in [1.165, 1.54) is 11.8 Å². The maximum Gasteiger partial charge on any atom is 0.342 e. The topological polar surface area (TPSA) is 67.9 Å². The van der Waals surface area contributed by atoms with Gasteiger partial charge in [-0.05, 0) is 12.5 Å². The number of benzene rings is 1. The van der Waals surface area contributed by atoms with Crippen molar-refractivity contribution in [1.82, 2.24) is 9.78 Å². The first-order chi connectivity index (χ1) is 10.8. The van der Waals surface area contributed by atoms with Gasteiger partial charge in [0.15, 0.2) is 5.69 Å². The van der Waals surface area contributed by atoms with Gasteiger partial charge < -0.3 is 4.74 Å². The van der Waals surface area contributed by atoms with E-state index in [0.29, 0.717) is 6.54 Å². The normalized spacial score (nSPS) is 10.2. The Balaban J connectivity index is 1.90. The Kier molecular flexibility index (Phi) is 6.04. The van der Waals surface area contributed by atoms with E-state index in [1.807, 2.05) is 24.3 Å². The van der Waals surface area contributed by atoms with Crippen molar-refractivity contribution in [3.63, 3.8) is 0 Å². The van der Waals surface area contributed by atoms with Crippen molar-refractivity contribution in [3.8, 4) is 6.07 Å². The Hall–Kier alpha value is -2.26. The first-order valence-corrected chi connectivity index (χ1v) is 8.16. The average Bonchev–Trinajstić information content (AvgIpc) is 2.96. The molecule has 0 amide bonds. The number of hydrogen-bond donors (Lipinski definition) is 0. The lowest BCUT2D eigenvalue weighted by Gasteiger charge is -2.04. The van der Waals surface area contributed by atoms with Crippen molar-refractivity contribution in [2.75, 3.05) is 12.4 Å². The predicted octanol–water partition coefficient (Wildman–Crippen LogP) is 2.86. The van der Waals surface area contributed by atoms with Gasteiger partial charge in [0, 0.05) is 11.5 Å². The highest BCUT2D eigenvalue weighted by Crippen LogP contribution is 2.14. The zero-order valence-corrected chi connectivity index (χ0v) is 13.2. The summed E-state index contributed by atoms with van der Waals surface area (Å²) in [6, 6.07) is 12.2. The van der Waals surface area contributed by atoms with Crippen LogP contribution < -0.4 is 0 Å². The largest absolute Gasteiger partial charge is 0.462 e. The van der Waals surface area contributed by atoms with Crippen LogP contribution in [0.25, 0.3) is 0 Å². The van der Waals surface area contributed by atoms with Crippen LogP contribution in [-0.4, -0.2) is 28.1 Å². The summed E-state index contributed by atoms with van der Waals surface area (Å²) in [6.45, 7) is 2.59. The molecule has 5 nitrogen and oxygen atoms in total. The molecule has 0 aliphatic heterocycles. The summed E-state index contributed by atoms with van der Waals surface area (Å²) < 4.78 is 6.48. The Bertz CT molecular complexity index is 662. The molecule has 0 bridgehead atoms. The summed E-state index contributed by atoms with van der Waals surface area (Å²) in [7, 11) is 0. The second-order valence-corrected chi connectivity index (χ2v) is 5.61. The fourth-order valence-corrected chi connectivity index (χ4v) is 2.82. The fraction of sp³-hybridized carbons (Fsp3) is 0.312. The lowest BCUT2D eigenvalue weighted by molar-refractivity contribution is 0.0526. The summed E-state index contributed by atoms with van der Waals surface area (Å²) in [5.41, 5.74) is 1.76. The maximum absolute atomic E-state index is 11.7. The van der Waals surface area contributed by atoms with Gasteiger partial charge in [-0.25, -0.2) is 4.79 Å². The Morgan fingerprint density at radius 2 is 2.18 bits per heavy atom. The number of aromatic nitrogens is 2. The molecule has 2 rings (SSSR count). The van der Waals surface area contributed by atoms with Gasteiger partial charge in [-0.2, -0.15) is 22.1 Å². The Morgan fingerprint density at radius 1 is 1.41 bits per heavy atom.